The monoisotopic (exact) mass is 451 g/mol. The van der Waals surface area contributed by atoms with Crippen LogP contribution in [0, 0.1) is 0 Å². The summed E-state index contributed by atoms with van der Waals surface area (Å²) in [5.74, 6) is -8.49. The number of carbonyl (C=O) groups excluding carboxylic acids is 3. The number of carboxylic acids is 5. The zero-order chi connectivity index (χ0) is 20.4. The Labute approximate surface area is 229 Å². The summed E-state index contributed by atoms with van der Waals surface area (Å²) in [5, 5.41) is 62.5. The molecule has 0 heterocycles. The Morgan fingerprint density at radius 3 is 1.14 bits per heavy atom. The second-order valence-corrected chi connectivity index (χ2v) is 4.71. The summed E-state index contributed by atoms with van der Waals surface area (Å²) < 4.78 is 0. The third kappa shape index (κ3) is 22.4. The zero-order valence-electron chi connectivity index (χ0n) is 15.8. The second-order valence-electron chi connectivity index (χ2n) is 4.71. The average Bonchev–Trinajstić information content (AvgIpc) is 2.35. The number of aliphatic carboxylic acids is 5. The maximum atomic E-state index is 10.3. The van der Waals surface area contributed by atoms with E-state index in [1.54, 1.807) is 0 Å². The van der Waals surface area contributed by atoms with Gasteiger partial charge in [-0.05, 0) is 18.4 Å². The Morgan fingerprint density at radius 1 is 0.724 bits per heavy atom. The van der Waals surface area contributed by atoms with Crippen LogP contribution in [0.2, 0.25) is 0 Å². The molecular formula is C12H14Na3O14-. The molecule has 0 rings (SSSR count). The first kappa shape index (κ1) is 42.9. The van der Waals surface area contributed by atoms with Gasteiger partial charge in [-0.2, -0.15) is 0 Å². The van der Waals surface area contributed by atoms with E-state index in [0.717, 1.165) is 6.29 Å². The average molecular weight is 451 g/mol. The Hall–Kier alpha value is -0.100. The molecule has 0 aromatic heterocycles. The summed E-state index contributed by atoms with van der Waals surface area (Å²) in [6.45, 7) is 0. The minimum atomic E-state index is -2.74. The van der Waals surface area contributed by atoms with Crippen LogP contribution >= 0.6 is 0 Å². The summed E-state index contributed by atoms with van der Waals surface area (Å²) >= 11 is 0. The molecule has 0 fully saturated rings. The van der Waals surface area contributed by atoms with Crippen LogP contribution in [0.4, 0.5) is 0 Å². The van der Waals surface area contributed by atoms with E-state index >= 15 is 0 Å². The van der Waals surface area contributed by atoms with Crippen LogP contribution < -0.4 is 98.9 Å². The van der Waals surface area contributed by atoms with Crippen molar-refractivity contribution < 1.29 is 159 Å². The molecule has 0 spiro atoms. The minimum Gasteiger partial charge on any atom is -0.870 e. The normalized spacial score (nSPS) is 9.31. The molecule has 0 aromatic rings. The smallest absolute Gasteiger partial charge is 0.870 e. The van der Waals surface area contributed by atoms with Gasteiger partial charge in [-0.3, -0.25) is 9.59 Å². The summed E-state index contributed by atoms with van der Waals surface area (Å²) in [6.07, 6.45) is -3.60. The molecular weight excluding hydrogens is 437 g/mol. The standard InChI is InChI=1S/C6H8O7.C6H7O6.3Na.H2O/c7-3(8)1-6(13,5(11)12)2-4(9)10;7-3-6(12,1-4(8)9)2-5(10)11;;;;/h13H,1-2H2,(H,7,8)(H,9,10)(H,11,12);12H,1-2H2,(H,8,9)(H,10,11);;;;1H2/q;-1;3*+1;/p-3. The Balaban J connectivity index is -0.0000000803. The van der Waals surface area contributed by atoms with Crippen molar-refractivity contribution in [1.29, 1.82) is 0 Å². The van der Waals surface area contributed by atoms with Crippen molar-refractivity contribution in [2.75, 3.05) is 0 Å². The van der Waals surface area contributed by atoms with Crippen LogP contribution in [0.1, 0.15) is 25.7 Å². The van der Waals surface area contributed by atoms with Crippen molar-refractivity contribution in [2.45, 2.75) is 36.9 Å². The van der Waals surface area contributed by atoms with E-state index in [2.05, 4.69) is 0 Å². The zero-order valence-corrected chi connectivity index (χ0v) is 21.8. The van der Waals surface area contributed by atoms with Gasteiger partial charge in [0.2, 0.25) is 0 Å². The van der Waals surface area contributed by atoms with E-state index in [0.29, 0.717) is 0 Å². The molecule has 6 N–H and O–H groups in total. The first-order valence-electron chi connectivity index (χ1n) is 6.08. The van der Waals surface area contributed by atoms with Gasteiger partial charge in [0.25, 0.3) is 0 Å². The van der Waals surface area contributed by atoms with Gasteiger partial charge >= 0.3 is 107 Å². The van der Waals surface area contributed by atoms with E-state index in [1.165, 1.54) is 0 Å². The fraction of sp³-hybridized carbons (Fsp3) is 0.500. The van der Waals surface area contributed by atoms with Gasteiger partial charge in [0.05, 0.1) is 12.8 Å². The SMILES string of the molecule is O=C(O)CC(O)(CC(=O)O)C(=O)O.O=[C-]C(O)(CC(=O)[O-])CC(=O)[O-].[Na+].[Na+].[Na+].[OH-]. The van der Waals surface area contributed by atoms with Gasteiger partial charge in [0.1, 0.15) is 0 Å². The van der Waals surface area contributed by atoms with Gasteiger partial charge < -0.3 is 55.6 Å². The molecule has 29 heavy (non-hydrogen) atoms. The predicted molar refractivity (Wildman–Crippen MR) is 68.9 cm³/mol. The van der Waals surface area contributed by atoms with E-state index in [1.807, 2.05) is 0 Å². The third-order valence-corrected chi connectivity index (χ3v) is 2.35. The molecule has 0 bridgehead atoms. The summed E-state index contributed by atoms with van der Waals surface area (Å²) in [7, 11) is 0. The Bertz CT molecular complexity index is 532. The number of carboxylic acid groups (broad SMARTS) is 5. The van der Waals surface area contributed by atoms with Crippen molar-refractivity contribution >= 4 is 36.1 Å². The quantitative estimate of drug-likeness (QED) is 0.152. The fourth-order valence-electron chi connectivity index (χ4n) is 1.33. The minimum absolute atomic E-state index is 0. The first-order chi connectivity index (χ1) is 11.2. The molecule has 14 nitrogen and oxygen atoms in total. The Kier molecular flexibility index (Phi) is 29.3. The largest absolute Gasteiger partial charge is 1.00 e. The molecule has 0 aliphatic heterocycles. The topological polar surface area (TPSA) is 280 Å². The van der Waals surface area contributed by atoms with Crippen LogP contribution in [0.3, 0.4) is 0 Å². The van der Waals surface area contributed by atoms with E-state index in [9.17, 15) is 39.0 Å². The van der Waals surface area contributed by atoms with Crippen molar-refractivity contribution in [2.24, 2.45) is 0 Å². The number of carbonyl (C=O) groups is 5. The molecule has 17 heteroatoms. The van der Waals surface area contributed by atoms with Crippen LogP contribution in [0.15, 0.2) is 0 Å². The van der Waals surface area contributed by atoms with Crippen LogP contribution in [0.5, 0.6) is 0 Å². The fourth-order valence-corrected chi connectivity index (χ4v) is 1.33. The molecule has 0 radical (unpaired) electrons. The van der Waals surface area contributed by atoms with Crippen molar-refractivity contribution in [3.05, 3.63) is 0 Å². The molecule has 0 aliphatic carbocycles. The summed E-state index contributed by atoms with van der Waals surface area (Å²) in [6, 6.07) is 0. The van der Waals surface area contributed by atoms with Crippen molar-refractivity contribution in [3.8, 4) is 0 Å². The number of aliphatic hydroxyl groups is 2. The van der Waals surface area contributed by atoms with Gasteiger partial charge in [-0.25, -0.2) is 11.1 Å². The molecule has 0 atom stereocenters. The van der Waals surface area contributed by atoms with E-state index < -0.39 is 66.7 Å². The number of rotatable bonds is 10. The van der Waals surface area contributed by atoms with E-state index in [-0.39, 0.29) is 94.1 Å². The number of hydrogen-bond acceptors (Lipinski definition) is 11. The second kappa shape index (κ2) is 19.8. The maximum absolute atomic E-state index is 10.3. The van der Waals surface area contributed by atoms with Gasteiger partial charge in [0, 0.05) is 11.9 Å². The molecule has 150 valence electrons. The molecule has 0 saturated heterocycles. The molecule has 0 aliphatic rings. The number of hydrogen-bond donors (Lipinski definition) is 5. The van der Waals surface area contributed by atoms with E-state index in [4.69, 9.17) is 25.5 Å². The first-order valence-corrected chi connectivity index (χ1v) is 6.08. The van der Waals surface area contributed by atoms with Crippen LogP contribution in [-0.4, -0.2) is 78.3 Å². The Morgan fingerprint density at radius 2 is 1.00 bits per heavy atom. The molecule has 0 aromatic carbocycles. The van der Waals surface area contributed by atoms with Gasteiger partial charge in [0.15, 0.2) is 5.60 Å². The molecule has 0 unspecified atom stereocenters. The van der Waals surface area contributed by atoms with Crippen molar-refractivity contribution in [3.63, 3.8) is 0 Å². The van der Waals surface area contributed by atoms with Crippen LogP contribution in [-0.2, 0) is 28.8 Å². The predicted octanol–water partition coefficient (Wildman–Crippen LogP) is -14.3. The third-order valence-electron chi connectivity index (χ3n) is 2.35. The molecule has 0 saturated carbocycles. The summed E-state index contributed by atoms with van der Waals surface area (Å²) in [5.41, 5.74) is -5.28. The van der Waals surface area contributed by atoms with Gasteiger partial charge in [-0.15, -0.1) is 0 Å². The maximum Gasteiger partial charge on any atom is 1.00 e. The van der Waals surface area contributed by atoms with Gasteiger partial charge in [-0.1, -0.05) is 0 Å². The van der Waals surface area contributed by atoms with Crippen molar-refractivity contribution in [1.82, 2.24) is 0 Å². The summed E-state index contributed by atoms with van der Waals surface area (Å²) in [4.78, 5) is 60.2. The molecule has 0 amide bonds. The van der Waals surface area contributed by atoms with Crippen LogP contribution in [0.25, 0.3) is 0 Å².